The second-order valence-electron chi connectivity index (χ2n) is 10.6. The molecule has 3 amide bonds. The number of hydrogen-bond donors (Lipinski definition) is 2. The summed E-state index contributed by atoms with van der Waals surface area (Å²) in [5.41, 5.74) is 2.70. The molecular formula is C34H40BrN3O5. The Morgan fingerprint density at radius 2 is 1.63 bits per heavy atom. The Morgan fingerprint density at radius 1 is 0.930 bits per heavy atom. The lowest BCUT2D eigenvalue weighted by Crippen LogP contribution is -2.52. The van der Waals surface area contributed by atoms with Gasteiger partial charge in [0, 0.05) is 55.0 Å². The van der Waals surface area contributed by atoms with Crippen molar-refractivity contribution in [2.75, 3.05) is 32.6 Å². The fourth-order valence-electron chi connectivity index (χ4n) is 4.87. The van der Waals surface area contributed by atoms with E-state index < -0.39 is 24.2 Å². The molecular weight excluding hydrogens is 610 g/mol. The highest BCUT2D eigenvalue weighted by Gasteiger charge is 2.33. The second kappa shape index (κ2) is 16.7. The van der Waals surface area contributed by atoms with Gasteiger partial charge in [0.15, 0.2) is 0 Å². The summed E-state index contributed by atoms with van der Waals surface area (Å²) >= 11 is 3.41. The van der Waals surface area contributed by atoms with Crippen molar-refractivity contribution in [3.8, 4) is 0 Å². The van der Waals surface area contributed by atoms with Gasteiger partial charge < -0.3 is 25.0 Å². The third-order valence-corrected chi connectivity index (χ3v) is 7.37. The Morgan fingerprint density at radius 3 is 2.26 bits per heavy atom. The van der Waals surface area contributed by atoms with Crippen LogP contribution >= 0.6 is 15.9 Å². The minimum absolute atomic E-state index is 0.145. The van der Waals surface area contributed by atoms with E-state index in [0.717, 1.165) is 16.1 Å². The van der Waals surface area contributed by atoms with Gasteiger partial charge in [0.2, 0.25) is 11.8 Å². The summed E-state index contributed by atoms with van der Waals surface area (Å²) in [6, 6.07) is 23.2. The lowest BCUT2D eigenvalue weighted by atomic mass is 9.99. The average molecular weight is 651 g/mol. The van der Waals surface area contributed by atoms with Crippen molar-refractivity contribution in [2.45, 2.75) is 38.5 Å². The van der Waals surface area contributed by atoms with Gasteiger partial charge in [-0.05, 0) is 41.8 Å². The Labute approximate surface area is 262 Å². The first-order valence-electron chi connectivity index (χ1n) is 14.1. The maximum Gasteiger partial charge on any atom is 0.255 e. The number of nitrogens with zero attached hydrogens (tertiary/aromatic N) is 1. The average Bonchev–Trinajstić information content (AvgIpc) is 3.00. The number of para-hydroxylation sites is 1. The van der Waals surface area contributed by atoms with E-state index in [1.807, 2.05) is 74.5 Å². The van der Waals surface area contributed by atoms with Crippen LogP contribution in [0, 0.1) is 5.92 Å². The van der Waals surface area contributed by atoms with E-state index in [2.05, 4.69) is 33.1 Å². The summed E-state index contributed by atoms with van der Waals surface area (Å²) in [5.74, 6) is -0.782. The molecule has 0 unspecified atom stereocenters. The summed E-state index contributed by atoms with van der Waals surface area (Å²) in [4.78, 5) is 41.2. The zero-order valence-electron chi connectivity index (χ0n) is 25.1. The molecule has 8 nitrogen and oxygen atoms in total. The molecule has 0 saturated heterocycles. The maximum absolute atomic E-state index is 14.1. The molecule has 0 aliphatic rings. The van der Waals surface area contributed by atoms with Crippen molar-refractivity contribution in [1.82, 2.24) is 10.2 Å². The van der Waals surface area contributed by atoms with Gasteiger partial charge in [0.05, 0.1) is 0 Å². The molecule has 3 aromatic carbocycles. The molecule has 3 rings (SSSR count). The summed E-state index contributed by atoms with van der Waals surface area (Å²) in [5, 5.41) is 5.81. The van der Waals surface area contributed by atoms with Gasteiger partial charge >= 0.3 is 0 Å². The van der Waals surface area contributed by atoms with Crippen molar-refractivity contribution in [3.05, 3.63) is 113 Å². The molecule has 228 valence electrons. The van der Waals surface area contributed by atoms with Gasteiger partial charge in [-0.3, -0.25) is 14.4 Å². The smallest absolute Gasteiger partial charge is 0.255 e. The number of carbonyl (C=O) groups is 3. The lowest BCUT2D eigenvalue weighted by molar-refractivity contribution is -0.139. The maximum atomic E-state index is 14.1. The number of methoxy groups -OCH3 is 2. The Hall–Kier alpha value is -3.79. The van der Waals surface area contributed by atoms with E-state index >= 15 is 0 Å². The minimum atomic E-state index is -0.804. The Kier molecular flexibility index (Phi) is 13.1. The first-order valence-corrected chi connectivity index (χ1v) is 14.9. The first kappa shape index (κ1) is 33.7. The highest BCUT2D eigenvalue weighted by atomic mass is 79.9. The molecule has 2 N–H and O–H groups in total. The highest BCUT2D eigenvalue weighted by Crippen LogP contribution is 2.31. The zero-order valence-corrected chi connectivity index (χ0v) is 26.7. The van der Waals surface area contributed by atoms with Crippen molar-refractivity contribution in [3.63, 3.8) is 0 Å². The van der Waals surface area contributed by atoms with Crippen LogP contribution < -0.4 is 10.6 Å². The third kappa shape index (κ3) is 9.88. The standard InChI is InChI=1S/C34H40BrN3O5/c1-6-31(39)36-29(19-24-13-8-7-9-14-24)34(41)38(21-23(2)3)22-30(42-4)32(43-5)27-17-10-11-18-28(27)37-33(40)25-15-12-16-26(35)20-25/h6-18,20,23,29-30,32H,1,19,21-22H2,2-5H3,(H,36,39)(H,37,40)/t29-,30+,32+/m0/s1. The summed E-state index contributed by atoms with van der Waals surface area (Å²) in [6.07, 6.45) is 0.269. The van der Waals surface area contributed by atoms with E-state index in [-0.39, 0.29) is 24.3 Å². The fraction of sp³-hybridized carbons (Fsp3) is 0.324. The van der Waals surface area contributed by atoms with Gasteiger partial charge in [0.25, 0.3) is 5.91 Å². The Balaban J connectivity index is 1.90. The number of carbonyl (C=O) groups excluding carboxylic acids is 3. The van der Waals surface area contributed by atoms with Crippen molar-refractivity contribution in [1.29, 1.82) is 0 Å². The molecule has 0 saturated carbocycles. The molecule has 43 heavy (non-hydrogen) atoms. The number of benzene rings is 3. The Bertz CT molecular complexity index is 1380. The molecule has 0 aliphatic heterocycles. The summed E-state index contributed by atoms with van der Waals surface area (Å²) in [6.45, 7) is 8.23. The number of nitrogens with one attached hydrogen (secondary N) is 2. The number of rotatable bonds is 15. The molecule has 9 heteroatoms. The predicted octanol–water partition coefficient (Wildman–Crippen LogP) is 5.80. The minimum Gasteiger partial charge on any atom is -0.377 e. The van der Waals surface area contributed by atoms with Crippen LogP contribution in [0.5, 0.6) is 0 Å². The van der Waals surface area contributed by atoms with Crippen LogP contribution in [0.2, 0.25) is 0 Å². The van der Waals surface area contributed by atoms with Gasteiger partial charge in [-0.1, -0.05) is 91.0 Å². The number of amides is 3. The van der Waals surface area contributed by atoms with Crippen LogP contribution in [0.3, 0.4) is 0 Å². The van der Waals surface area contributed by atoms with Gasteiger partial charge in [-0.2, -0.15) is 0 Å². The molecule has 0 radical (unpaired) electrons. The van der Waals surface area contributed by atoms with Crippen molar-refractivity contribution < 1.29 is 23.9 Å². The van der Waals surface area contributed by atoms with Crippen molar-refractivity contribution in [2.24, 2.45) is 5.92 Å². The van der Waals surface area contributed by atoms with Gasteiger partial charge in [0.1, 0.15) is 18.2 Å². The molecule has 0 bridgehead atoms. The van der Waals surface area contributed by atoms with Crippen LogP contribution in [-0.2, 0) is 25.5 Å². The fourth-order valence-corrected chi connectivity index (χ4v) is 5.27. The number of anilines is 1. The van der Waals surface area contributed by atoms with E-state index in [0.29, 0.717) is 29.8 Å². The molecule has 0 aliphatic carbocycles. The van der Waals surface area contributed by atoms with E-state index in [9.17, 15) is 14.4 Å². The molecule has 0 heterocycles. The van der Waals surface area contributed by atoms with Crippen LogP contribution in [0.15, 0.2) is 96.0 Å². The van der Waals surface area contributed by atoms with Crippen LogP contribution in [-0.4, -0.2) is 62.1 Å². The van der Waals surface area contributed by atoms with E-state index in [1.54, 1.807) is 37.3 Å². The monoisotopic (exact) mass is 649 g/mol. The number of halogens is 1. The SMILES string of the molecule is C=CC(=O)N[C@@H](Cc1ccccc1)C(=O)N(CC(C)C)C[C@@H](OC)[C@H](OC)c1ccccc1NC(=O)c1cccc(Br)c1. The number of ether oxygens (including phenoxy) is 2. The van der Waals surface area contributed by atoms with Crippen LogP contribution in [0.25, 0.3) is 0 Å². The molecule has 0 aromatic heterocycles. The van der Waals surface area contributed by atoms with E-state index in [1.165, 1.54) is 0 Å². The molecule has 0 fully saturated rings. The quantitative estimate of drug-likeness (QED) is 0.203. The van der Waals surface area contributed by atoms with Crippen molar-refractivity contribution >= 4 is 39.3 Å². The van der Waals surface area contributed by atoms with Crippen LogP contribution in [0.4, 0.5) is 5.69 Å². The topological polar surface area (TPSA) is 97.0 Å². The van der Waals surface area contributed by atoms with Gasteiger partial charge in [-0.15, -0.1) is 0 Å². The third-order valence-electron chi connectivity index (χ3n) is 6.88. The zero-order chi connectivity index (χ0) is 31.4. The second-order valence-corrected chi connectivity index (χ2v) is 11.5. The lowest BCUT2D eigenvalue weighted by Gasteiger charge is -2.35. The van der Waals surface area contributed by atoms with Gasteiger partial charge in [-0.25, -0.2) is 0 Å². The highest BCUT2D eigenvalue weighted by molar-refractivity contribution is 9.10. The first-order chi connectivity index (χ1) is 20.7. The molecule has 3 atom stereocenters. The van der Waals surface area contributed by atoms with E-state index in [4.69, 9.17) is 9.47 Å². The predicted molar refractivity (Wildman–Crippen MR) is 173 cm³/mol. The van der Waals surface area contributed by atoms with Crippen LogP contribution in [0.1, 0.15) is 41.4 Å². The molecule has 0 spiro atoms. The summed E-state index contributed by atoms with van der Waals surface area (Å²) in [7, 11) is 3.14. The normalized spacial score (nSPS) is 13.1. The number of hydrogen-bond acceptors (Lipinski definition) is 5. The summed E-state index contributed by atoms with van der Waals surface area (Å²) < 4.78 is 12.7. The molecule has 3 aromatic rings. The largest absolute Gasteiger partial charge is 0.377 e.